The van der Waals surface area contributed by atoms with Gasteiger partial charge < -0.3 is 16.2 Å². The summed E-state index contributed by atoms with van der Waals surface area (Å²) in [6.45, 7) is -0.190. The molecule has 1 amide bonds. The second-order valence-electron chi connectivity index (χ2n) is 3.24. The summed E-state index contributed by atoms with van der Waals surface area (Å²) in [7, 11) is 0. The Morgan fingerprint density at radius 1 is 1.36 bits per heavy atom. The molecule has 1 rings (SSSR count). The van der Waals surface area contributed by atoms with Crippen molar-refractivity contribution in [2.75, 3.05) is 6.54 Å². The zero-order valence-corrected chi connectivity index (χ0v) is 7.88. The molecule has 1 aliphatic carbocycles. The van der Waals surface area contributed by atoms with Crippen molar-refractivity contribution >= 4 is 11.9 Å². The molecule has 5 nitrogen and oxygen atoms in total. The number of aliphatic carboxylic acids is 1. The van der Waals surface area contributed by atoms with E-state index in [9.17, 15) is 9.59 Å². The smallest absolute Gasteiger partial charge is 0.352 e. The van der Waals surface area contributed by atoms with Crippen LogP contribution in [0.3, 0.4) is 0 Å². The maximum Gasteiger partial charge on any atom is 0.352 e. The number of carboxylic acid groups (broad SMARTS) is 1. The van der Waals surface area contributed by atoms with Crippen LogP contribution in [0, 0.1) is 0 Å². The number of nitrogens with one attached hydrogen (secondary N) is 1. The lowest BCUT2D eigenvalue weighted by molar-refractivity contribution is -0.134. The van der Waals surface area contributed by atoms with E-state index in [4.69, 9.17) is 10.8 Å². The summed E-state index contributed by atoms with van der Waals surface area (Å²) in [6.07, 6.45) is 3.49. The first kappa shape index (κ1) is 10.7. The third kappa shape index (κ3) is 2.56. The van der Waals surface area contributed by atoms with E-state index in [0.29, 0.717) is 0 Å². The van der Waals surface area contributed by atoms with Crippen LogP contribution in [0.15, 0.2) is 11.3 Å². The molecule has 0 aliphatic heterocycles. The molecule has 0 spiro atoms. The molecule has 0 aromatic carbocycles. The van der Waals surface area contributed by atoms with Gasteiger partial charge in [-0.3, -0.25) is 4.79 Å². The minimum Gasteiger partial charge on any atom is -0.477 e. The molecular formula is C9H14N2O3. The first-order chi connectivity index (χ1) is 6.65. The summed E-state index contributed by atoms with van der Waals surface area (Å²) in [5.74, 6) is -1.54. The lowest BCUT2D eigenvalue weighted by Gasteiger charge is -2.07. The Labute approximate surface area is 82.0 Å². The van der Waals surface area contributed by atoms with Crippen molar-refractivity contribution in [3.8, 4) is 0 Å². The normalized spacial score (nSPS) is 15.4. The zero-order valence-electron chi connectivity index (χ0n) is 7.88. The van der Waals surface area contributed by atoms with Gasteiger partial charge in [0.05, 0.1) is 6.54 Å². The second-order valence-corrected chi connectivity index (χ2v) is 3.24. The fourth-order valence-corrected chi connectivity index (χ4v) is 1.54. The number of rotatable bonds is 3. The van der Waals surface area contributed by atoms with E-state index < -0.39 is 11.9 Å². The van der Waals surface area contributed by atoms with E-state index in [2.05, 4.69) is 5.32 Å². The third-order valence-corrected chi connectivity index (χ3v) is 2.22. The van der Waals surface area contributed by atoms with Crippen LogP contribution < -0.4 is 11.1 Å². The van der Waals surface area contributed by atoms with E-state index in [0.717, 1.165) is 31.3 Å². The fourth-order valence-electron chi connectivity index (χ4n) is 1.54. The highest BCUT2D eigenvalue weighted by molar-refractivity contribution is 5.93. The third-order valence-electron chi connectivity index (χ3n) is 2.22. The lowest BCUT2D eigenvalue weighted by atomic mass is 10.1. The van der Waals surface area contributed by atoms with Gasteiger partial charge in [-0.15, -0.1) is 0 Å². The summed E-state index contributed by atoms with van der Waals surface area (Å²) in [5, 5.41) is 11.2. The van der Waals surface area contributed by atoms with Gasteiger partial charge in [-0.1, -0.05) is 0 Å². The van der Waals surface area contributed by atoms with Crippen molar-refractivity contribution in [2.45, 2.75) is 25.7 Å². The van der Waals surface area contributed by atoms with Crippen LogP contribution in [0.2, 0.25) is 0 Å². The topological polar surface area (TPSA) is 92.4 Å². The van der Waals surface area contributed by atoms with Gasteiger partial charge in [0.1, 0.15) is 5.70 Å². The Morgan fingerprint density at radius 2 is 1.93 bits per heavy atom. The molecule has 0 aromatic heterocycles. The van der Waals surface area contributed by atoms with Crippen molar-refractivity contribution in [3.63, 3.8) is 0 Å². The van der Waals surface area contributed by atoms with Crippen LogP contribution in [0.4, 0.5) is 0 Å². The highest BCUT2D eigenvalue weighted by Gasteiger charge is 2.19. The Bertz CT molecular complexity index is 276. The molecule has 78 valence electrons. The molecule has 0 atom stereocenters. The van der Waals surface area contributed by atoms with Gasteiger partial charge in [-0.25, -0.2) is 4.79 Å². The van der Waals surface area contributed by atoms with Crippen LogP contribution in [0.5, 0.6) is 0 Å². The van der Waals surface area contributed by atoms with E-state index >= 15 is 0 Å². The minimum atomic E-state index is -1.08. The van der Waals surface area contributed by atoms with Gasteiger partial charge in [0.2, 0.25) is 5.91 Å². The monoisotopic (exact) mass is 198 g/mol. The number of carbonyl (C=O) groups is 2. The van der Waals surface area contributed by atoms with Crippen LogP contribution in [-0.2, 0) is 9.59 Å². The second kappa shape index (κ2) is 4.76. The number of nitrogens with two attached hydrogens (primary N) is 1. The van der Waals surface area contributed by atoms with Crippen LogP contribution >= 0.6 is 0 Å². The predicted molar refractivity (Wildman–Crippen MR) is 50.3 cm³/mol. The molecule has 5 heteroatoms. The first-order valence-electron chi connectivity index (χ1n) is 4.60. The quantitative estimate of drug-likeness (QED) is 0.555. The van der Waals surface area contributed by atoms with E-state index in [-0.39, 0.29) is 12.2 Å². The van der Waals surface area contributed by atoms with E-state index in [1.165, 1.54) is 0 Å². The van der Waals surface area contributed by atoms with Gasteiger partial charge in [0.15, 0.2) is 0 Å². The molecule has 0 aromatic rings. The molecule has 1 fully saturated rings. The van der Waals surface area contributed by atoms with Gasteiger partial charge in [-0.05, 0) is 31.3 Å². The number of hydrogen-bond donors (Lipinski definition) is 3. The van der Waals surface area contributed by atoms with Crippen molar-refractivity contribution in [1.82, 2.24) is 5.32 Å². The Kier molecular flexibility index (Phi) is 3.64. The minimum absolute atomic E-state index is 0.0259. The largest absolute Gasteiger partial charge is 0.477 e. The number of amides is 1. The maximum atomic E-state index is 10.9. The summed E-state index contributed by atoms with van der Waals surface area (Å²) >= 11 is 0. The van der Waals surface area contributed by atoms with Gasteiger partial charge >= 0.3 is 5.97 Å². The van der Waals surface area contributed by atoms with E-state index in [1.807, 2.05) is 0 Å². The number of allylic oxidation sites excluding steroid dienone is 1. The molecule has 0 saturated heterocycles. The van der Waals surface area contributed by atoms with Crippen LogP contribution in [0.1, 0.15) is 25.7 Å². The van der Waals surface area contributed by atoms with Gasteiger partial charge in [0, 0.05) is 0 Å². The van der Waals surface area contributed by atoms with Crippen LogP contribution in [-0.4, -0.2) is 23.5 Å². The Balaban J connectivity index is 2.78. The fraction of sp³-hybridized carbons (Fsp3) is 0.556. The standard InChI is InChI=1S/C9H14N2O3/c10-5-7(12)11-8(9(13)14)6-3-1-2-4-6/h1-5,10H2,(H,11,12)(H,13,14). The molecule has 0 bridgehead atoms. The average molecular weight is 198 g/mol. The molecule has 1 aliphatic rings. The zero-order chi connectivity index (χ0) is 10.6. The summed E-state index contributed by atoms with van der Waals surface area (Å²) in [4.78, 5) is 21.8. The molecule has 1 saturated carbocycles. The molecule has 14 heavy (non-hydrogen) atoms. The average Bonchev–Trinajstić information content (AvgIpc) is 2.65. The summed E-state index contributed by atoms with van der Waals surface area (Å²) < 4.78 is 0. The van der Waals surface area contributed by atoms with Gasteiger partial charge in [0.25, 0.3) is 0 Å². The van der Waals surface area contributed by atoms with Crippen molar-refractivity contribution in [3.05, 3.63) is 11.3 Å². The highest BCUT2D eigenvalue weighted by Crippen LogP contribution is 2.25. The Hall–Kier alpha value is -1.36. The van der Waals surface area contributed by atoms with E-state index in [1.54, 1.807) is 0 Å². The SMILES string of the molecule is NCC(=O)NC(C(=O)O)=C1CCCC1. The molecule has 0 radical (unpaired) electrons. The summed E-state index contributed by atoms with van der Waals surface area (Å²) in [5.41, 5.74) is 5.94. The number of hydrogen-bond acceptors (Lipinski definition) is 3. The predicted octanol–water partition coefficient (Wildman–Crippen LogP) is -0.0260. The first-order valence-corrected chi connectivity index (χ1v) is 4.60. The molecule has 0 unspecified atom stereocenters. The number of carboxylic acids is 1. The number of carbonyl (C=O) groups excluding carboxylic acids is 1. The molecule has 4 N–H and O–H groups in total. The maximum absolute atomic E-state index is 10.9. The van der Waals surface area contributed by atoms with Crippen molar-refractivity contribution in [1.29, 1.82) is 0 Å². The van der Waals surface area contributed by atoms with Gasteiger partial charge in [-0.2, -0.15) is 0 Å². The summed E-state index contributed by atoms with van der Waals surface area (Å²) in [6, 6.07) is 0. The molecule has 0 heterocycles. The van der Waals surface area contributed by atoms with Crippen LogP contribution in [0.25, 0.3) is 0 Å². The molecular weight excluding hydrogens is 184 g/mol. The Morgan fingerprint density at radius 3 is 2.36 bits per heavy atom. The highest BCUT2D eigenvalue weighted by atomic mass is 16.4. The van der Waals surface area contributed by atoms with Crippen molar-refractivity contribution < 1.29 is 14.7 Å². The lowest BCUT2D eigenvalue weighted by Crippen LogP contribution is -2.33. The van der Waals surface area contributed by atoms with Crippen molar-refractivity contribution in [2.24, 2.45) is 5.73 Å².